The Labute approximate surface area is 108 Å². The van der Waals surface area contributed by atoms with E-state index in [-0.39, 0.29) is 0 Å². The Hall–Kier alpha value is -0.770. The Balaban J connectivity index is 3.22. The minimum atomic E-state index is -0.625. The molecule has 0 bridgehead atoms. The molecule has 1 aromatic carbocycles. The molecule has 0 amide bonds. The molecule has 0 spiro atoms. The smallest absolute Gasteiger partial charge is 0.138 e. The van der Waals surface area contributed by atoms with Gasteiger partial charge in [-0.05, 0) is 24.6 Å². The number of nitrogens with one attached hydrogen (secondary N) is 1. The molecule has 1 unspecified atom stereocenters. The molecule has 17 heavy (non-hydrogen) atoms. The van der Waals surface area contributed by atoms with Gasteiger partial charge in [0.1, 0.15) is 5.75 Å². The average molecular weight is 258 g/mol. The molecule has 4 heteroatoms. The molecular formula is C13H20ClNO2. The summed E-state index contributed by atoms with van der Waals surface area (Å²) >= 11 is 6.20. The van der Waals surface area contributed by atoms with E-state index < -0.39 is 6.10 Å². The van der Waals surface area contributed by atoms with Gasteiger partial charge in [-0.2, -0.15) is 0 Å². The monoisotopic (exact) mass is 257 g/mol. The van der Waals surface area contributed by atoms with Crippen LogP contribution >= 0.6 is 11.6 Å². The molecule has 96 valence electrons. The number of likely N-dealkylation sites (N-methyl/N-ethyl adjacent to an activating group) is 1. The lowest BCUT2D eigenvalue weighted by Crippen LogP contribution is -2.17. The third kappa shape index (κ3) is 3.35. The molecule has 0 saturated carbocycles. The van der Waals surface area contributed by atoms with Gasteiger partial charge < -0.3 is 15.2 Å². The molecule has 1 atom stereocenters. The zero-order valence-corrected chi connectivity index (χ0v) is 11.5. The summed E-state index contributed by atoms with van der Waals surface area (Å²) in [5, 5.41) is 13.4. The second kappa shape index (κ2) is 6.24. The SMILES string of the molecule is CNCC(O)c1cc(C(C)C)cc(OC)c1Cl. The fourth-order valence-electron chi connectivity index (χ4n) is 1.67. The number of methoxy groups -OCH3 is 1. The summed E-state index contributed by atoms with van der Waals surface area (Å²) in [6.45, 7) is 4.65. The van der Waals surface area contributed by atoms with Crippen molar-refractivity contribution in [1.82, 2.24) is 5.32 Å². The third-order valence-electron chi connectivity index (χ3n) is 2.73. The van der Waals surface area contributed by atoms with Crippen LogP contribution in [0.25, 0.3) is 0 Å². The third-order valence-corrected chi connectivity index (χ3v) is 3.14. The Bertz CT molecular complexity index is 380. The molecule has 0 aliphatic heterocycles. The van der Waals surface area contributed by atoms with Crippen molar-refractivity contribution in [2.45, 2.75) is 25.9 Å². The number of aliphatic hydroxyl groups is 1. The highest BCUT2D eigenvalue weighted by atomic mass is 35.5. The molecule has 1 rings (SSSR count). The van der Waals surface area contributed by atoms with Crippen LogP contribution < -0.4 is 10.1 Å². The topological polar surface area (TPSA) is 41.5 Å². The van der Waals surface area contributed by atoms with Crippen LogP contribution in [0.1, 0.15) is 37.0 Å². The minimum Gasteiger partial charge on any atom is -0.495 e. The van der Waals surface area contributed by atoms with Gasteiger partial charge in [0.25, 0.3) is 0 Å². The Morgan fingerprint density at radius 2 is 2.06 bits per heavy atom. The zero-order chi connectivity index (χ0) is 13.0. The van der Waals surface area contributed by atoms with Gasteiger partial charge in [0, 0.05) is 12.1 Å². The molecular weight excluding hydrogens is 238 g/mol. The van der Waals surface area contributed by atoms with Crippen LogP contribution in [-0.4, -0.2) is 25.8 Å². The van der Waals surface area contributed by atoms with Gasteiger partial charge in [-0.3, -0.25) is 0 Å². The van der Waals surface area contributed by atoms with Crippen molar-refractivity contribution >= 4 is 11.6 Å². The highest BCUT2D eigenvalue weighted by Crippen LogP contribution is 2.35. The Morgan fingerprint density at radius 3 is 2.53 bits per heavy atom. The molecule has 0 aromatic heterocycles. The molecule has 1 aromatic rings. The van der Waals surface area contributed by atoms with E-state index in [2.05, 4.69) is 19.2 Å². The number of halogens is 1. The first-order chi connectivity index (χ1) is 8.01. The van der Waals surface area contributed by atoms with Crippen LogP contribution in [0, 0.1) is 0 Å². The first-order valence-corrected chi connectivity index (χ1v) is 6.09. The fraction of sp³-hybridized carbons (Fsp3) is 0.538. The maximum absolute atomic E-state index is 10.0. The van der Waals surface area contributed by atoms with E-state index in [0.717, 1.165) is 5.56 Å². The van der Waals surface area contributed by atoms with Gasteiger partial charge in [-0.15, -0.1) is 0 Å². The summed E-state index contributed by atoms with van der Waals surface area (Å²) in [6, 6.07) is 3.86. The van der Waals surface area contributed by atoms with E-state index in [9.17, 15) is 5.11 Å². The first kappa shape index (κ1) is 14.3. The van der Waals surface area contributed by atoms with Crippen LogP contribution in [0.3, 0.4) is 0 Å². The van der Waals surface area contributed by atoms with Crippen LogP contribution in [0.4, 0.5) is 0 Å². The number of rotatable bonds is 5. The van der Waals surface area contributed by atoms with Gasteiger partial charge in [-0.25, -0.2) is 0 Å². The van der Waals surface area contributed by atoms with Crippen molar-refractivity contribution in [3.8, 4) is 5.75 Å². The lowest BCUT2D eigenvalue weighted by Gasteiger charge is -2.17. The zero-order valence-electron chi connectivity index (χ0n) is 10.7. The van der Waals surface area contributed by atoms with Gasteiger partial charge in [0.05, 0.1) is 18.2 Å². The highest BCUT2D eigenvalue weighted by Gasteiger charge is 2.17. The summed E-state index contributed by atoms with van der Waals surface area (Å²) in [6.07, 6.45) is -0.625. The number of benzene rings is 1. The molecule has 0 aliphatic rings. The van der Waals surface area contributed by atoms with Crippen molar-refractivity contribution in [2.75, 3.05) is 20.7 Å². The van der Waals surface area contributed by atoms with E-state index in [1.54, 1.807) is 14.2 Å². The maximum atomic E-state index is 10.0. The predicted octanol–water partition coefficient (Wildman–Crippen LogP) is 2.72. The lowest BCUT2D eigenvalue weighted by molar-refractivity contribution is 0.177. The van der Waals surface area contributed by atoms with Crippen LogP contribution in [0.15, 0.2) is 12.1 Å². The first-order valence-electron chi connectivity index (χ1n) is 5.71. The largest absolute Gasteiger partial charge is 0.495 e. The van der Waals surface area contributed by atoms with Crippen molar-refractivity contribution in [2.24, 2.45) is 0 Å². The molecule has 0 aliphatic carbocycles. The molecule has 2 N–H and O–H groups in total. The maximum Gasteiger partial charge on any atom is 0.138 e. The normalized spacial score (nSPS) is 12.9. The molecule has 3 nitrogen and oxygen atoms in total. The van der Waals surface area contributed by atoms with Crippen molar-refractivity contribution in [3.05, 3.63) is 28.3 Å². The van der Waals surface area contributed by atoms with Crippen molar-refractivity contribution in [3.63, 3.8) is 0 Å². The number of hydrogen-bond acceptors (Lipinski definition) is 3. The van der Waals surface area contributed by atoms with Crippen LogP contribution in [-0.2, 0) is 0 Å². The van der Waals surface area contributed by atoms with Gasteiger partial charge in [0.15, 0.2) is 0 Å². The van der Waals surface area contributed by atoms with E-state index in [0.29, 0.717) is 28.8 Å². The molecule has 0 radical (unpaired) electrons. The second-order valence-electron chi connectivity index (χ2n) is 4.35. The number of aliphatic hydroxyl groups excluding tert-OH is 1. The van der Waals surface area contributed by atoms with E-state index in [4.69, 9.17) is 16.3 Å². The fourth-order valence-corrected chi connectivity index (χ4v) is 1.98. The lowest BCUT2D eigenvalue weighted by atomic mass is 9.98. The van der Waals surface area contributed by atoms with Crippen molar-refractivity contribution in [1.29, 1.82) is 0 Å². The van der Waals surface area contributed by atoms with Gasteiger partial charge in [-0.1, -0.05) is 31.5 Å². The predicted molar refractivity (Wildman–Crippen MR) is 71.0 cm³/mol. The van der Waals surface area contributed by atoms with Crippen LogP contribution in [0.5, 0.6) is 5.75 Å². The summed E-state index contributed by atoms with van der Waals surface area (Å²) in [4.78, 5) is 0. The van der Waals surface area contributed by atoms with Crippen molar-refractivity contribution < 1.29 is 9.84 Å². The Morgan fingerprint density at radius 1 is 1.41 bits per heavy atom. The summed E-state index contributed by atoms with van der Waals surface area (Å²) in [5.74, 6) is 0.977. The average Bonchev–Trinajstić information content (AvgIpc) is 2.29. The second-order valence-corrected chi connectivity index (χ2v) is 4.73. The van der Waals surface area contributed by atoms with E-state index in [1.807, 2.05) is 12.1 Å². The minimum absolute atomic E-state index is 0.363. The summed E-state index contributed by atoms with van der Waals surface area (Å²) in [7, 11) is 3.38. The summed E-state index contributed by atoms with van der Waals surface area (Å²) < 4.78 is 5.24. The molecule has 0 heterocycles. The van der Waals surface area contributed by atoms with Gasteiger partial charge >= 0.3 is 0 Å². The quantitative estimate of drug-likeness (QED) is 0.852. The Kier molecular flexibility index (Phi) is 5.25. The summed E-state index contributed by atoms with van der Waals surface area (Å²) in [5.41, 5.74) is 1.82. The van der Waals surface area contributed by atoms with E-state index >= 15 is 0 Å². The number of hydrogen-bond donors (Lipinski definition) is 2. The molecule has 0 fully saturated rings. The van der Waals surface area contributed by atoms with Crippen LogP contribution in [0.2, 0.25) is 5.02 Å². The highest BCUT2D eigenvalue weighted by molar-refractivity contribution is 6.32. The number of ether oxygens (including phenoxy) is 1. The van der Waals surface area contributed by atoms with E-state index in [1.165, 1.54) is 0 Å². The standard InChI is InChI=1S/C13H20ClNO2/c1-8(2)9-5-10(11(16)7-15-3)13(14)12(6-9)17-4/h5-6,8,11,15-16H,7H2,1-4H3. The van der Waals surface area contributed by atoms with Gasteiger partial charge in [0.2, 0.25) is 0 Å². The molecule has 0 saturated heterocycles.